The quantitative estimate of drug-likeness (QED) is 0.836. The number of rotatable bonds is 4. The van der Waals surface area contributed by atoms with Gasteiger partial charge in [0.2, 0.25) is 5.91 Å². The molecule has 0 radical (unpaired) electrons. The molecular formula is C18H22N6O3. The second kappa shape index (κ2) is 7.83. The molecule has 2 aromatic heterocycles. The second-order valence-electron chi connectivity index (χ2n) is 6.86. The van der Waals surface area contributed by atoms with Gasteiger partial charge >= 0.3 is 0 Å². The zero-order chi connectivity index (χ0) is 18.6. The predicted octanol–water partition coefficient (Wildman–Crippen LogP) is 0.413. The minimum Gasteiger partial charge on any atom is -0.381 e. The summed E-state index contributed by atoms with van der Waals surface area (Å²) in [5.74, 6) is 0.0709. The summed E-state index contributed by atoms with van der Waals surface area (Å²) in [6.07, 6.45) is 8.01. The van der Waals surface area contributed by atoms with Crippen LogP contribution in [0.4, 0.5) is 0 Å². The summed E-state index contributed by atoms with van der Waals surface area (Å²) in [5.41, 5.74) is 1.09. The van der Waals surface area contributed by atoms with Crippen LogP contribution in [-0.2, 0) is 16.1 Å². The number of nitrogens with zero attached hydrogens (tertiary/aromatic N) is 5. The summed E-state index contributed by atoms with van der Waals surface area (Å²) >= 11 is 0. The fourth-order valence-electron chi connectivity index (χ4n) is 3.53. The first-order chi connectivity index (χ1) is 13.2. The highest BCUT2D eigenvalue weighted by atomic mass is 16.5. The number of carbonyl (C=O) groups excluding carboxylic acids is 2. The van der Waals surface area contributed by atoms with Crippen molar-refractivity contribution in [3.63, 3.8) is 0 Å². The molecule has 2 aliphatic rings. The fourth-order valence-corrected chi connectivity index (χ4v) is 3.53. The van der Waals surface area contributed by atoms with E-state index in [-0.39, 0.29) is 24.1 Å². The van der Waals surface area contributed by atoms with Crippen molar-refractivity contribution in [2.24, 2.45) is 5.92 Å². The molecule has 4 heterocycles. The number of fused-ring (bicyclic) bond motifs is 1. The van der Waals surface area contributed by atoms with Gasteiger partial charge in [0.15, 0.2) is 0 Å². The average molecular weight is 370 g/mol. The third-order valence-electron chi connectivity index (χ3n) is 5.07. The summed E-state index contributed by atoms with van der Waals surface area (Å²) in [7, 11) is 0. The summed E-state index contributed by atoms with van der Waals surface area (Å²) in [6.45, 7) is 2.75. The molecule has 4 rings (SSSR count). The first-order valence-electron chi connectivity index (χ1n) is 9.15. The lowest BCUT2D eigenvalue weighted by atomic mass is 10.0. The van der Waals surface area contributed by atoms with Crippen molar-refractivity contribution in [2.45, 2.75) is 25.4 Å². The Balaban J connectivity index is 1.46. The Hall–Kier alpha value is -2.81. The van der Waals surface area contributed by atoms with E-state index >= 15 is 0 Å². The Kier molecular flexibility index (Phi) is 5.10. The van der Waals surface area contributed by atoms with Gasteiger partial charge in [0.05, 0.1) is 25.0 Å². The van der Waals surface area contributed by atoms with E-state index in [1.165, 1.54) is 18.6 Å². The minimum absolute atomic E-state index is 0.122. The average Bonchev–Trinajstić information content (AvgIpc) is 3.21. The molecule has 1 N–H and O–H groups in total. The van der Waals surface area contributed by atoms with Gasteiger partial charge in [-0.1, -0.05) is 0 Å². The highest BCUT2D eigenvalue weighted by Crippen LogP contribution is 2.22. The highest BCUT2D eigenvalue weighted by Gasteiger charge is 2.34. The van der Waals surface area contributed by atoms with Gasteiger partial charge in [-0.15, -0.1) is 0 Å². The molecule has 0 aliphatic carbocycles. The maximum Gasteiger partial charge on any atom is 0.274 e. The molecule has 1 fully saturated rings. The number of amides is 2. The summed E-state index contributed by atoms with van der Waals surface area (Å²) < 4.78 is 7.07. The third kappa shape index (κ3) is 3.82. The largest absolute Gasteiger partial charge is 0.381 e. The van der Waals surface area contributed by atoms with Gasteiger partial charge in [-0.25, -0.2) is 4.98 Å². The zero-order valence-electron chi connectivity index (χ0n) is 15.0. The van der Waals surface area contributed by atoms with Crippen molar-refractivity contribution in [1.82, 2.24) is 30.0 Å². The first-order valence-corrected chi connectivity index (χ1v) is 9.15. The third-order valence-corrected chi connectivity index (χ3v) is 5.07. The fraction of sp³-hybridized carbons (Fsp3) is 0.500. The molecular weight excluding hydrogens is 348 g/mol. The van der Waals surface area contributed by atoms with Crippen LogP contribution in [0.3, 0.4) is 0 Å². The van der Waals surface area contributed by atoms with Gasteiger partial charge in [0.25, 0.3) is 5.91 Å². The highest BCUT2D eigenvalue weighted by molar-refractivity contribution is 5.92. The van der Waals surface area contributed by atoms with E-state index in [1.54, 1.807) is 15.8 Å². The van der Waals surface area contributed by atoms with Gasteiger partial charge in [-0.05, 0) is 24.8 Å². The topological polar surface area (TPSA) is 102 Å². The van der Waals surface area contributed by atoms with Crippen LogP contribution < -0.4 is 5.32 Å². The minimum atomic E-state index is -0.552. The smallest absolute Gasteiger partial charge is 0.274 e. The van der Waals surface area contributed by atoms with Gasteiger partial charge < -0.3 is 15.0 Å². The Morgan fingerprint density at radius 3 is 2.85 bits per heavy atom. The number of ether oxygens (including phenoxy) is 1. The molecule has 0 saturated carbocycles. The lowest BCUT2D eigenvalue weighted by Gasteiger charge is -2.33. The van der Waals surface area contributed by atoms with Gasteiger partial charge in [-0.3, -0.25) is 19.3 Å². The lowest BCUT2D eigenvalue weighted by Crippen LogP contribution is -2.48. The van der Waals surface area contributed by atoms with Crippen LogP contribution in [-0.4, -0.2) is 62.8 Å². The zero-order valence-corrected chi connectivity index (χ0v) is 15.0. The molecule has 0 aromatic carbocycles. The van der Waals surface area contributed by atoms with E-state index in [4.69, 9.17) is 4.74 Å². The van der Waals surface area contributed by atoms with Crippen LogP contribution in [0, 0.1) is 5.92 Å². The molecule has 27 heavy (non-hydrogen) atoms. The molecule has 2 aromatic rings. The standard InChI is InChI=1S/C18H22N6O3/c25-17(21-9-13-2-7-27-8-3-13)16-12-23(11-14-1-4-22-24(14)16)18(26)15-10-19-5-6-20-15/h1,4-6,10,13,16H,2-3,7-9,11-12H2,(H,21,25)/t16-/m1/s1. The van der Waals surface area contributed by atoms with Crippen LogP contribution in [0.25, 0.3) is 0 Å². The maximum absolute atomic E-state index is 12.8. The van der Waals surface area contributed by atoms with Crippen LogP contribution in [0.15, 0.2) is 30.9 Å². The first kappa shape index (κ1) is 17.6. The molecule has 9 nitrogen and oxygen atoms in total. The van der Waals surface area contributed by atoms with E-state index in [0.29, 0.717) is 19.0 Å². The number of carbonyl (C=O) groups is 2. The Morgan fingerprint density at radius 2 is 2.07 bits per heavy atom. The predicted molar refractivity (Wildman–Crippen MR) is 94.6 cm³/mol. The second-order valence-corrected chi connectivity index (χ2v) is 6.86. The Bertz CT molecular complexity index is 802. The number of hydrogen-bond donors (Lipinski definition) is 1. The summed E-state index contributed by atoms with van der Waals surface area (Å²) in [6, 6.07) is 1.28. The summed E-state index contributed by atoms with van der Waals surface area (Å²) in [4.78, 5) is 35.2. The molecule has 2 amide bonds. The number of aromatic nitrogens is 4. The maximum atomic E-state index is 12.8. The Labute approximate surface area is 156 Å². The molecule has 2 aliphatic heterocycles. The van der Waals surface area contributed by atoms with E-state index in [0.717, 1.165) is 31.7 Å². The van der Waals surface area contributed by atoms with Crippen LogP contribution in [0.2, 0.25) is 0 Å². The van der Waals surface area contributed by atoms with Crippen molar-refractivity contribution in [3.05, 3.63) is 42.2 Å². The molecule has 9 heteroatoms. The van der Waals surface area contributed by atoms with Crippen molar-refractivity contribution in [1.29, 1.82) is 0 Å². The lowest BCUT2D eigenvalue weighted by molar-refractivity contribution is -0.126. The van der Waals surface area contributed by atoms with Gasteiger partial charge in [0.1, 0.15) is 11.7 Å². The van der Waals surface area contributed by atoms with Gasteiger partial charge in [-0.2, -0.15) is 5.10 Å². The molecule has 0 unspecified atom stereocenters. The van der Waals surface area contributed by atoms with Crippen molar-refractivity contribution in [2.75, 3.05) is 26.3 Å². The molecule has 1 saturated heterocycles. The van der Waals surface area contributed by atoms with Crippen LogP contribution in [0.1, 0.15) is 35.1 Å². The molecule has 0 bridgehead atoms. The van der Waals surface area contributed by atoms with E-state index in [1.807, 2.05) is 6.07 Å². The van der Waals surface area contributed by atoms with E-state index in [2.05, 4.69) is 20.4 Å². The van der Waals surface area contributed by atoms with E-state index in [9.17, 15) is 9.59 Å². The monoisotopic (exact) mass is 370 g/mol. The SMILES string of the molecule is O=C(NCC1CCOCC1)[C@H]1CN(C(=O)c2cnccn2)Cc2ccnn21. The molecule has 0 spiro atoms. The van der Waals surface area contributed by atoms with Crippen molar-refractivity contribution >= 4 is 11.8 Å². The van der Waals surface area contributed by atoms with E-state index < -0.39 is 6.04 Å². The molecule has 1 atom stereocenters. The normalized spacial score (nSPS) is 20.1. The van der Waals surface area contributed by atoms with Crippen molar-refractivity contribution in [3.8, 4) is 0 Å². The van der Waals surface area contributed by atoms with Crippen LogP contribution in [0.5, 0.6) is 0 Å². The number of nitrogens with one attached hydrogen (secondary N) is 1. The van der Waals surface area contributed by atoms with Gasteiger partial charge in [0, 0.05) is 38.3 Å². The number of hydrogen-bond acceptors (Lipinski definition) is 6. The summed E-state index contributed by atoms with van der Waals surface area (Å²) in [5, 5.41) is 7.32. The molecule has 142 valence electrons. The van der Waals surface area contributed by atoms with Crippen LogP contribution >= 0.6 is 0 Å². The Morgan fingerprint density at radius 1 is 1.22 bits per heavy atom. The van der Waals surface area contributed by atoms with Crippen molar-refractivity contribution < 1.29 is 14.3 Å².